The first-order valence-corrected chi connectivity index (χ1v) is 4.58. The average molecular weight is 239 g/mol. The highest BCUT2D eigenvalue weighted by Crippen LogP contribution is 2.25. The van der Waals surface area contributed by atoms with Gasteiger partial charge in [-0.3, -0.25) is 0 Å². The molecule has 0 fully saturated rings. The van der Waals surface area contributed by atoms with Gasteiger partial charge in [-0.2, -0.15) is 0 Å². The molecule has 1 rings (SSSR count). The fourth-order valence-electron chi connectivity index (χ4n) is 0.882. The van der Waals surface area contributed by atoms with Crippen LogP contribution in [0.5, 0.6) is 0 Å². The van der Waals surface area contributed by atoms with Gasteiger partial charge < -0.3 is 5.21 Å². The molecule has 0 spiro atoms. The SMILES string of the molecule is O/N=C(\Cl)Cc1c(Cl)cccc1Cl. The molecule has 0 aliphatic rings. The molecular weight excluding hydrogens is 232 g/mol. The minimum atomic E-state index is 0.0509. The van der Waals surface area contributed by atoms with Crippen LogP contribution in [0.15, 0.2) is 23.4 Å². The van der Waals surface area contributed by atoms with Gasteiger partial charge in [0, 0.05) is 16.5 Å². The maximum Gasteiger partial charge on any atom is 0.149 e. The van der Waals surface area contributed by atoms with E-state index in [2.05, 4.69) is 5.16 Å². The van der Waals surface area contributed by atoms with Crippen LogP contribution in [0.2, 0.25) is 10.0 Å². The van der Waals surface area contributed by atoms with Gasteiger partial charge in [-0.05, 0) is 17.7 Å². The quantitative estimate of drug-likeness (QED) is 0.477. The first-order chi connectivity index (χ1) is 6.15. The van der Waals surface area contributed by atoms with Crippen molar-refractivity contribution >= 4 is 40.0 Å². The van der Waals surface area contributed by atoms with Gasteiger partial charge in [0.1, 0.15) is 5.17 Å². The standard InChI is InChI=1S/C8H6Cl3NO/c9-6-2-1-3-7(10)5(6)4-8(11)12-13/h1-3,13H,4H2/b12-8-. The number of benzene rings is 1. The minimum absolute atomic E-state index is 0.0509. The van der Waals surface area contributed by atoms with Crippen LogP contribution in [0.3, 0.4) is 0 Å². The summed E-state index contributed by atoms with van der Waals surface area (Å²) in [4.78, 5) is 0. The first-order valence-electron chi connectivity index (χ1n) is 3.44. The topological polar surface area (TPSA) is 32.6 Å². The maximum absolute atomic E-state index is 8.35. The van der Waals surface area contributed by atoms with Crippen molar-refractivity contribution in [2.45, 2.75) is 6.42 Å². The number of rotatable bonds is 2. The lowest BCUT2D eigenvalue weighted by Gasteiger charge is -2.03. The van der Waals surface area contributed by atoms with Crippen LogP contribution < -0.4 is 0 Å². The lowest BCUT2D eigenvalue weighted by molar-refractivity contribution is 0.319. The van der Waals surface area contributed by atoms with Gasteiger partial charge in [0.25, 0.3) is 0 Å². The van der Waals surface area contributed by atoms with Crippen LogP contribution in [-0.2, 0) is 6.42 Å². The average Bonchev–Trinajstić information content (AvgIpc) is 2.11. The number of hydrogen-bond acceptors (Lipinski definition) is 2. The molecular formula is C8H6Cl3NO. The van der Waals surface area contributed by atoms with Crippen molar-refractivity contribution in [3.05, 3.63) is 33.8 Å². The van der Waals surface area contributed by atoms with Gasteiger partial charge in [-0.15, -0.1) is 0 Å². The van der Waals surface area contributed by atoms with Gasteiger partial charge >= 0.3 is 0 Å². The summed E-state index contributed by atoms with van der Waals surface area (Å²) in [6.07, 6.45) is 0.233. The van der Waals surface area contributed by atoms with E-state index in [1.807, 2.05) is 0 Å². The van der Waals surface area contributed by atoms with E-state index >= 15 is 0 Å². The van der Waals surface area contributed by atoms with Gasteiger partial charge in [0.2, 0.25) is 0 Å². The Labute approximate surface area is 90.7 Å². The van der Waals surface area contributed by atoms with Crippen molar-refractivity contribution in [1.82, 2.24) is 0 Å². The summed E-state index contributed by atoms with van der Waals surface area (Å²) in [6, 6.07) is 5.13. The van der Waals surface area contributed by atoms with E-state index in [0.29, 0.717) is 15.6 Å². The Bertz CT molecular complexity index is 318. The van der Waals surface area contributed by atoms with E-state index in [-0.39, 0.29) is 11.6 Å². The molecule has 0 bridgehead atoms. The third kappa shape index (κ3) is 2.76. The van der Waals surface area contributed by atoms with Crippen LogP contribution in [0.4, 0.5) is 0 Å². The van der Waals surface area contributed by atoms with E-state index in [1.165, 1.54) is 0 Å². The summed E-state index contributed by atoms with van der Waals surface area (Å²) in [5.41, 5.74) is 0.661. The van der Waals surface area contributed by atoms with Crippen molar-refractivity contribution in [2.24, 2.45) is 5.16 Å². The Morgan fingerprint density at radius 1 is 1.31 bits per heavy atom. The molecule has 5 heteroatoms. The molecule has 1 aromatic carbocycles. The fraction of sp³-hybridized carbons (Fsp3) is 0.125. The molecule has 0 heterocycles. The van der Waals surface area contributed by atoms with Crippen LogP contribution in [-0.4, -0.2) is 10.4 Å². The Morgan fingerprint density at radius 2 is 1.85 bits per heavy atom. The Balaban J connectivity index is 3.00. The molecule has 1 N–H and O–H groups in total. The monoisotopic (exact) mass is 237 g/mol. The number of hydrogen-bond donors (Lipinski definition) is 1. The third-order valence-corrected chi connectivity index (χ3v) is 2.41. The Kier molecular flexibility index (Phi) is 3.85. The molecule has 0 aromatic heterocycles. The summed E-state index contributed by atoms with van der Waals surface area (Å²) in [5, 5.41) is 12.2. The molecule has 0 aliphatic heterocycles. The maximum atomic E-state index is 8.35. The molecule has 0 saturated carbocycles. The highest BCUT2D eigenvalue weighted by Gasteiger charge is 2.07. The van der Waals surface area contributed by atoms with E-state index in [0.717, 1.165) is 0 Å². The lowest BCUT2D eigenvalue weighted by atomic mass is 10.1. The summed E-state index contributed by atoms with van der Waals surface area (Å²) in [5.74, 6) is 0. The second kappa shape index (κ2) is 4.70. The van der Waals surface area contributed by atoms with Crippen molar-refractivity contribution < 1.29 is 5.21 Å². The van der Waals surface area contributed by atoms with E-state index in [1.54, 1.807) is 18.2 Å². The summed E-state index contributed by atoms with van der Waals surface area (Å²) >= 11 is 17.2. The van der Waals surface area contributed by atoms with Crippen molar-refractivity contribution in [2.75, 3.05) is 0 Å². The molecule has 0 amide bonds. The second-order valence-corrected chi connectivity index (χ2v) is 3.60. The van der Waals surface area contributed by atoms with E-state index < -0.39 is 0 Å². The lowest BCUT2D eigenvalue weighted by Crippen LogP contribution is -1.96. The van der Waals surface area contributed by atoms with Gasteiger partial charge in [0.15, 0.2) is 0 Å². The molecule has 0 aliphatic carbocycles. The Hall–Kier alpha value is -0.440. The molecule has 2 nitrogen and oxygen atoms in total. The van der Waals surface area contributed by atoms with Crippen molar-refractivity contribution in [3.63, 3.8) is 0 Å². The predicted molar refractivity (Wildman–Crippen MR) is 55.2 cm³/mol. The zero-order valence-electron chi connectivity index (χ0n) is 6.47. The number of nitrogens with zero attached hydrogens (tertiary/aromatic N) is 1. The summed E-state index contributed by atoms with van der Waals surface area (Å²) < 4.78 is 0. The fourth-order valence-corrected chi connectivity index (χ4v) is 1.55. The molecule has 0 unspecified atom stereocenters. The highest BCUT2D eigenvalue weighted by molar-refractivity contribution is 6.65. The molecule has 0 atom stereocenters. The van der Waals surface area contributed by atoms with Gasteiger partial charge in [-0.1, -0.05) is 46.0 Å². The van der Waals surface area contributed by atoms with Crippen LogP contribution in [0.25, 0.3) is 0 Å². The largest absolute Gasteiger partial charge is 0.410 e. The second-order valence-electron chi connectivity index (χ2n) is 2.35. The summed E-state index contributed by atoms with van der Waals surface area (Å²) in [7, 11) is 0. The molecule has 70 valence electrons. The Morgan fingerprint density at radius 3 is 2.31 bits per heavy atom. The van der Waals surface area contributed by atoms with Crippen molar-refractivity contribution in [3.8, 4) is 0 Å². The van der Waals surface area contributed by atoms with Gasteiger partial charge in [0.05, 0.1) is 0 Å². The molecule has 0 saturated heterocycles. The summed E-state index contributed by atoms with van der Waals surface area (Å²) in [6.45, 7) is 0. The normalized spacial score (nSPS) is 11.8. The highest BCUT2D eigenvalue weighted by atomic mass is 35.5. The van der Waals surface area contributed by atoms with Crippen LogP contribution >= 0.6 is 34.8 Å². The van der Waals surface area contributed by atoms with E-state index in [4.69, 9.17) is 40.0 Å². The van der Waals surface area contributed by atoms with Gasteiger partial charge in [-0.25, -0.2) is 0 Å². The zero-order chi connectivity index (χ0) is 9.84. The third-order valence-electron chi connectivity index (χ3n) is 1.49. The molecule has 0 radical (unpaired) electrons. The molecule has 13 heavy (non-hydrogen) atoms. The predicted octanol–water partition coefficient (Wildman–Crippen LogP) is 3.56. The number of halogens is 3. The first kappa shape index (κ1) is 10.6. The van der Waals surface area contributed by atoms with Crippen LogP contribution in [0, 0.1) is 0 Å². The van der Waals surface area contributed by atoms with Crippen LogP contribution in [0.1, 0.15) is 5.56 Å². The minimum Gasteiger partial charge on any atom is -0.410 e. The smallest absolute Gasteiger partial charge is 0.149 e. The van der Waals surface area contributed by atoms with Crippen molar-refractivity contribution in [1.29, 1.82) is 0 Å². The molecule has 1 aromatic rings. The zero-order valence-corrected chi connectivity index (χ0v) is 8.74. The number of oxime groups is 1. The van der Waals surface area contributed by atoms with E-state index in [9.17, 15) is 0 Å².